The molecule has 1 aliphatic heterocycles. The molecule has 1 aliphatic rings. The number of piperidine rings is 1. The van der Waals surface area contributed by atoms with E-state index in [1.807, 2.05) is 4.72 Å². The molecule has 1 fully saturated rings. The predicted octanol–water partition coefficient (Wildman–Crippen LogP) is -0.0405. The van der Waals surface area contributed by atoms with E-state index in [0.717, 1.165) is 44.5 Å². The highest BCUT2D eigenvalue weighted by molar-refractivity contribution is 7.89. The Bertz CT molecular complexity index is 905. The van der Waals surface area contributed by atoms with Crippen molar-refractivity contribution in [2.24, 2.45) is 5.92 Å². The maximum atomic E-state index is 13.7. The van der Waals surface area contributed by atoms with E-state index in [1.54, 1.807) is 0 Å². The Hall–Kier alpha value is -2.57. The lowest BCUT2D eigenvalue weighted by atomic mass is 9.93. The van der Waals surface area contributed by atoms with Gasteiger partial charge in [-0.3, -0.25) is 14.4 Å². The summed E-state index contributed by atoms with van der Waals surface area (Å²) in [7, 11) is -4.45. The summed E-state index contributed by atoms with van der Waals surface area (Å²) in [4.78, 5) is 34.5. The largest absolute Gasteiger partial charge is 0.480 e. The summed E-state index contributed by atoms with van der Waals surface area (Å²) in [6.07, 6.45) is 3.17. The standard InChI is InChI=1S/C20H29FN4O6S/c21-15-3-1-2-4-17(15)32(30,31)25-16(20(28)29)13-24-19(27)9-12-23-18(26)6-5-14-7-10-22-11-8-14/h1-4,14,16,22,25H,5-13H2,(H,23,26)(H,24,27)(H,28,29). The topological polar surface area (TPSA) is 154 Å². The van der Waals surface area contributed by atoms with Gasteiger partial charge >= 0.3 is 5.97 Å². The summed E-state index contributed by atoms with van der Waals surface area (Å²) in [6, 6.07) is 2.85. The fraction of sp³-hybridized carbons (Fsp3) is 0.550. The molecule has 1 atom stereocenters. The van der Waals surface area contributed by atoms with E-state index < -0.39 is 45.2 Å². The number of rotatable bonds is 12. The number of amides is 2. The van der Waals surface area contributed by atoms with Crippen LogP contribution in [0.15, 0.2) is 29.2 Å². The Labute approximate surface area is 186 Å². The van der Waals surface area contributed by atoms with Crippen LogP contribution in [-0.2, 0) is 24.4 Å². The van der Waals surface area contributed by atoms with Gasteiger partial charge in [0.15, 0.2) is 0 Å². The molecule has 0 radical (unpaired) electrons. The van der Waals surface area contributed by atoms with Crippen molar-refractivity contribution >= 4 is 27.8 Å². The number of sulfonamides is 1. The molecule has 1 unspecified atom stereocenters. The fourth-order valence-corrected chi connectivity index (χ4v) is 4.57. The molecule has 5 N–H and O–H groups in total. The quantitative estimate of drug-likeness (QED) is 0.286. The van der Waals surface area contributed by atoms with E-state index in [9.17, 15) is 32.3 Å². The van der Waals surface area contributed by atoms with E-state index in [-0.39, 0.29) is 18.9 Å². The highest BCUT2D eigenvalue weighted by Crippen LogP contribution is 2.17. The maximum Gasteiger partial charge on any atom is 0.323 e. The molecule has 0 spiro atoms. The van der Waals surface area contributed by atoms with Gasteiger partial charge in [0, 0.05) is 25.9 Å². The van der Waals surface area contributed by atoms with Crippen molar-refractivity contribution in [2.45, 2.75) is 43.0 Å². The molecule has 0 aromatic heterocycles. The van der Waals surface area contributed by atoms with Crippen LogP contribution in [0.3, 0.4) is 0 Å². The van der Waals surface area contributed by atoms with Crippen LogP contribution >= 0.6 is 0 Å². The number of carboxylic acid groups (broad SMARTS) is 1. The summed E-state index contributed by atoms with van der Waals surface area (Å²) in [5, 5.41) is 17.5. The molecular formula is C20H29FN4O6S. The van der Waals surface area contributed by atoms with Gasteiger partial charge in [-0.25, -0.2) is 12.8 Å². The summed E-state index contributed by atoms with van der Waals surface area (Å²) in [6.45, 7) is 1.46. The summed E-state index contributed by atoms with van der Waals surface area (Å²) in [5.41, 5.74) is 0. The van der Waals surface area contributed by atoms with Crippen LogP contribution in [0.25, 0.3) is 0 Å². The molecule has 0 aliphatic carbocycles. The number of hydrogen-bond acceptors (Lipinski definition) is 6. The molecule has 1 heterocycles. The average molecular weight is 473 g/mol. The normalized spacial score (nSPS) is 15.7. The first kappa shape index (κ1) is 25.7. The molecule has 1 aromatic rings. The molecule has 1 aromatic carbocycles. The number of carbonyl (C=O) groups excluding carboxylic acids is 2. The van der Waals surface area contributed by atoms with Gasteiger partial charge in [0.25, 0.3) is 0 Å². The zero-order valence-electron chi connectivity index (χ0n) is 17.6. The van der Waals surface area contributed by atoms with Crippen molar-refractivity contribution in [3.8, 4) is 0 Å². The van der Waals surface area contributed by atoms with E-state index in [4.69, 9.17) is 0 Å². The first-order chi connectivity index (χ1) is 15.2. The molecule has 12 heteroatoms. The Morgan fingerprint density at radius 3 is 2.41 bits per heavy atom. The highest BCUT2D eigenvalue weighted by atomic mass is 32.2. The Balaban J connectivity index is 1.73. The molecule has 178 valence electrons. The number of carbonyl (C=O) groups is 3. The van der Waals surface area contributed by atoms with Gasteiger partial charge in [0.2, 0.25) is 21.8 Å². The van der Waals surface area contributed by atoms with Crippen LogP contribution in [-0.4, -0.2) is 63.5 Å². The van der Waals surface area contributed by atoms with E-state index in [1.165, 1.54) is 12.1 Å². The lowest BCUT2D eigenvalue weighted by molar-refractivity contribution is -0.138. The summed E-state index contributed by atoms with van der Waals surface area (Å²) >= 11 is 0. The number of benzene rings is 1. The molecular weight excluding hydrogens is 443 g/mol. The van der Waals surface area contributed by atoms with Crippen LogP contribution in [0.4, 0.5) is 4.39 Å². The number of aliphatic carboxylic acids is 1. The molecule has 0 bridgehead atoms. The number of halogens is 1. The first-order valence-corrected chi connectivity index (χ1v) is 11.9. The molecule has 2 rings (SSSR count). The van der Waals surface area contributed by atoms with Crippen LogP contribution in [0.1, 0.15) is 32.1 Å². The second-order valence-electron chi connectivity index (χ2n) is 7.58. The second kappa shape index (κ2) is 12.5. The smallest absolute Gasteiger partial charge is 0.323 e. The lowest BCUT2D eigenvalue weighted by Crippen LogP contribution is -2.48. The first-order valence-electron chi connectivity index (χ1n) is 10.4. The molecule has 32 heavy (non-hydrogen) atoms. The van der Waals surface area contributed by atoms with Crippen LogP contribution in [0.5, 0.6) is 0 Å². The number of carboxylic acids is 1. The summed E-state index contributed by atoms with van der Waals surface area (Å²) in [5.74, 6) is -2.75. The molecule has 1 saturated heterocycles. The second-order valence-corrected chi connectivity index (χ2v) is 9.26. The lowest BCUT2D eigenvalue weighted by Gasteiger charge is -2.22. The average Bonchev–Trinajstić information content (AvgIpc) is 2.76. The third-order valence-electron chi connectivity index (χ3n) is 5.14. The predicted molar refractivity (Wildman–Crippen MR) is 114 cm³/mol. The van der Waals surface area contributed by atoms with Crippen molar-refractivity contribution in [1.29, 1.82) is 0 Å². The van der Waals surface area contributed by atoms with Crippen molar-refractivity contribution in [2.75, 3.05) is 26.2 Å². The highest BCUT2D eigenvalue weighted by Gasteiger charge is 2.27. The third kappa shape index (κ3) is 8.52. The van der Waals surface area contributed by atoms with Crippen molar-refractivity contribution < 1.29 is 32.3 Å². The van der Waals surface area contributed by atoms with Gasteiger partial charge in [-0.1, -0.05) is 12.1 Å². The van der Waals surface area contributed by atoms with Crippen LogP contribution < -0.4 is 20.7 Å². The van der Waals surface area contributed by atoms with Gasteiger partial charge in [0.1, 0.15) is 16.8 Å². The number of hydrogen-bond donors (Lipinski definition) is 5. The summed E-state index contributed by atoms with van der Waals surface area (Å²) < 4.78 is 40.1. The third-order valence-corrected chi connectivity index (χ3v) is 6.64. The van der Waals surface area contributed by atoms with Crippen LogP contribution in [0.2, 0.25) is 0 Å². The molecule has 0 saturated carbocycles. The SMILES string of the molecule is O=C(CCC1CCNCC1)NCCC(=O)NCC(NS(=O)(=O)c1ccccc1F)C(=O)O. The van der Waals surface area contributed by atoms with E-state index in [2.05, 4.69) is 16.0 Å². The zero-order valence-corrected chi connectivity index (χ0v) is 18.4. The zero-order chi connectivity index (χ0) is 23.6. The monoisotopic (exact) mass is 472 g/mol. The van der Waals surface area contributed by atoms with Crippen molar-refractivity contribution in [3.63, 3.8) is 0 Å². The van der Waals surface area contributed by atoms with Crippen molar-refractivity contribution in [1.82, 2.24) is 20.7 Å². The fourth-order valence-electron chi connectivity index (χ4n) is 3.31. The number of nitrogens with one attached hydrogen (secondary N) is 4. The minimum Gasteiger partial charge on any atom is -0.480 e. The van der Waals surface area contributed by atoms with Gasteiger partial charge in [0.05, 0.1) is 0 Å². The minimum absolute atomic E-state index is 0.0789. The minimum atomic E-state index is -4.45. The van der Waals surface area contributed by atoms with E-state index in [0.29, 0.717) is 12.3 Å². The van der Waals surface area contributed by atoms with Gasteiger partial charge in [-0.05, 0) is 50.4 Å². The maximum absolute atomic E-state index is 13.7. The van der Waals surface area contributed by atoms with Crippen molar-refractivity contribution in [3.05, 3.63) is 30.1 Å². The Morgan fingerprint density at radius 2 is 1.75 bits per heavy atom. The van der Waals surface area contributed by atoms with E-state index >= 15 is 0 Å². The van der Waals surface area contributed by atoms with Gasteiger partial charge in [-0.15, -0.1) is 0 Å². The molecule has 2 amide bonds. The Morgan fingerprint density at radius 1 is 1.09 bits per heavy atom. The van der Waals surface area contributed by atoms with Crippen LogP contribution in [0, 0.1) is 11.7 Å². The van der Waals surface area contributed by atoms with Gasteiger partial charge in [-0.2, -0.15) is 4.72 Å². The molecule has 10 nitrogen and oxygen atoms in total. The van der Waals surface area contributed by atoms with Gasteiger partial charge < -0.3 is 21.1 Å². The Kier molecular flexibility index (Phi) is 10.0.